The second-order valence-electron chi connectivity index (χ2n) is 8.79. The zero-order chi connectivity index (χ0) is 24.4. The fourth-order valence-electron chi connectivity index (χ4n) is 3.14. The van der Waals surface area contributed by atoms with Gasteiger partial charge in [-0.25, -0.2) is 4.68 Å². The van der Waals surface area contributed by atoms with Crippen molar-refractivity contribution in [2.45, 2.75) is 44.8 Å². The summed E-state index contributed by atoms with van der Waals surface area (Å²) in [6.07, 6.45) is -5.54. The Labute approximate surface area is 188 Å². The molecule has 3 rings (SSSR count). The normalized spacial score (nSPS) is 12.9. The van der Waals surface area contributed by atoms with E-state index in [1.165, 1.54) is 23.3 Å². The highest BCUT2D eigenvalue weighted by molar-refractivity contribution is 6.76. The van der Waals surface area contributed by atoms with Crippen LogP contribution in [0.3, 0.4) is 0 Å². The Hall–Kier alpha value is -2.66. The van der Waals surface area contributed by atoms with Gasteiger partial charge >= 0.3 is 12.4 Å². The molecule has 3 aromatic rings. The van der Waals surface area contributed by atoms with Crippen molar-refractivity contribution in [1.82, 2.24) is 14.8 Å². The van der Waals surface area contributed by atoms with E-state index in [9.17, 15) is 26.3 Å². The van der Waals surface area contributed by atoms with Gasteiger partial charge in [-0.05, 0) is 30.3 Å². The molecule has 0 atom stereocenters. The molecule has 1 aromatic carbocycles. The molecule has 0 saturated heterocycles. The number of rotatable bonds is 7. The standard InChI is InChI=1S/C22H23F6N3OSi/c1-33(2,3)8-7-32-14-31-20(19(13-30-31)15-5-4-6-29-12-15)16-9-17(21(23,24)25)11-18(10-16)22(26,27)28/h4-6,9-13H,7-8,14H2,1-3H3. The molecule has 0 aliphatic carbocycles. The average Bonchev–Trinajstić information content (AvgIpc) is 3.13. The molecule has 0 aliphatic rings. The maximum absolute atomic E-state index is 13.4. The third kappa shape index (κ3) is 6.44. The highest BCUT2D eigenvalue weighted by Crippen LogP contribution is 2.40. The first-order chi connectivity index (χ1) is 15.3. The maximum Gasteiger partial charge on any atom is 0.416 e. The molecule has 0 bridgehead atoms. The van der Waals surface area contributed by atoms with Gasteiger partial charge in [0.2, 0.25) is 0 Å². The van der Waals surface area contributed by atoms with E-state index in [1.807, 2.05) is 0 Å². The van der Waals surface area contributed by atoms with Crippen LogP contribution < -0.4 is 0 Å². The van der Waals surface area contributed by atoms with Gasteiger partial charge in [0.25, 0.3) is 0 Å². The summed E-state index contributed by atoms with van der Waals surface area (Å²) in [6, 6.07) is 5.63. The summed E-state index contributed by atoms with van der Waals surface area (Å²) in [5, 5.41) is 4.20. The molecule has 11 heteroatoms. The van der Waals surface area contributed by atoms with Crippen molar-refractivity contribution in [2.75, 3.05) is 6.61 Å². The second kappa shape index (κ2) is 9.30. The third-order valence-electron chi connectivity index (χ3n) is 4.88. The van der Waals surface area contributed by atoms with E-state index in [4.69, 9.17) is 4.74 Å². The Bertz CT molecular complexity index is 1060. The topological polar surface area (TPSA) is 39.9 Å². The van der Waals surface area contributed by atoms with E-state index in [0.29, 0.717) is 29.9 Å². The average molecular weight is 488 g/mol. The Morgan fingerprint density at radius 3 is 2.06 bits per heavy atom. The van der Waals surface area contributed by atoms with E-state index < -0.39 is 31.6 Å². The lowest BCUT2D eigenvalue weighted by molar-refractivity contribution is -0.143. The number of halogens is 6. The molecule has 178 valence electrons. The van der Waals surface area contributed by atoms with Crippen LogP contribution in [-0.2, 0) is 23.8 Å². The van der Waals surface area contributed by atoms with Gasteiger partial charge in [-0.2, -0.15) is 31.4 Å². The van der Waals surface area contributed by atoms with Gasteiger partial charge in [0.1, 0.15) is 6.73 Å². The molecule has 0 amide bonds. The first-order valence-corrected chi connectivity index (χ1v) is 13.8. The molecule has 0 radical (unpaired) electrons. The van der Waals surface area contributed by atoms with Crippen molar-refractivity contribution in [2.24, 2.45) is 0 Å². The minimum atomic E-state index is -4.96. The van der Waals surface area contributed by atoms with Crippen LogP contribution in [-0.4, -0.2) is 29.4 Å². The molecule has 2 heterocycles. The van der Waals surface area contributed by atoms with Gasteiger partial charge in [-0.3, -0.25) is 4.98 Å². The number of hydrogen-bond donors (Lipinski definition) is 0. The Kier molecular flexibility index (Phi) is 7.03. The quantitative estimate of drug-likeness (QED) is 0.205. The number of alkyl halides is 6. The molecule has 0 saturated carbocycles. The fourth-order valence-corrected chi connectivity index (χ4v) is 3.90. The first kappa shape index (κ1) is 25.0. The molecular formula is C22H23F6N3OSi. The fraction of sp³-hybridized carbons (Fsp3) is 0.364. The molecule has 0 aliphatic heterocycles. The second-order valence-corrected chi connectivity index (χ2v) is 14.4. The maximum atomic E-state index is 13.4. The lowest BCUT2D eigenvalue weighted by atomic mass is 9.98. The molecule has 2 aromatic heterocycles. The Balaban J connectivity index is 2.12. The lowest BCUT2D eigenvalue weighted by Gasteiger charge is -2.18. The summed E-state index contributed by atoms with van der Waals surface area (Å²) >= 11 is 0. The van der Waals surface area contributed by atoms with Gasteiger partial charge in [0, 0.05) is 43.8 Å². The number of aromatic nitrogens is 3. The van der Waals surface area contributed by atoms with Crippen LogP contribution in [0.15, 0.2) is 48.9 Å². The van der Waals surface area contributed by atoms with E-state index in [-0.39, 0.29) is 24.1 Å². The number of pyridine rings is 1. The number of benzene rings is 1. The lowest BCUT2D eigenvalue weighted by Crippen LogP contribution is -2.22. The Morgan fingerprint density at radius 1 is 0.909 bits per heavy atom. The van der Waals surface area contributed by atoms with E-state index in [1.54, 1.807) is 12.1 Å². The zero-order valence-corrected chi connectivity index (χ0v) is 19.3. The monoisotopic (exact) mass is 487 g/mol. The summed E-state index contributed by atoms with van der Waals surface area (Å²) in [4.78, 5) is 4.00. The highest BCUT2D eigenvalue weighted by atomic mass is 28.3. The SMILES string of the molecule is C[Si](C)(C)CCOCn1ncc(-c2cccnc2)c1-c1cc(C(F)(F)F)cc(C(F)(F)F)c1. The van der Waals surface area contributed by atoms with Gasteiger partial charge in [0.05, 0.1) is 23.0 Å². The summed E-state index contributed by atoms with van der Waals surface area (Å²) < 4.78 is 87.6. The third-order valence-corrected chi connectivity index (χ3v) is 6.59. The van der Waals surface area contributed by atoms with Crippen molar-refractivity contribution >= 4 is 8.07 Å². The van der Waals surface area contributed by atoms with Crippen molar-refractivity contribution in [3.05, 3.63) is 60.0 Å². The summed E-state index contributed by atoms with van der Waals surface area (Å²) in [7, 11) is -1.39. The highest BCUT2D eigenvalue weighted by Gasteiger charge is 2.37. The van der Waals surface area contributed by atoms with E-state index in [0.717, 1.165) is 6.04 Å². The largest absolute Gasteiger partial charge is 0.416 e. The van der Waals surface area contributed by atoms with Crippen molar-refractivity contribution in [3.8, 4) is 22.4 Å². The molecule has 0 N–H and O–H groups in total. The van der Waals surface area contributed by atoms with Gasteiger partial charge in [-0.1, -0.05) is 25.7 Å². The zero-order valence-electron chi connectivity index (χ0n) is 18.3. The van der Waals surface area contributed by atoms with Crippen molar-refractivity contribution in [3.63, 3.8) is 0 Å². The van der Waals surface area contributed by atoms with Crippen LogP contribution in [0.5, 0.6) is 0 Å². The predicted octanol–water partition coefficient (Wildman–Crippen LogP) is 6.96. The Morgan fingerprint density at radius 2 is 1.55 bits per heavy atom. The molecule has 0 unspecified atom stereocenters. The summed E-state index contributed by atoms with van der Waals surface area (Å²) in [6.45, 7) is 6.79. The molecule has 0 spiro atoms. The van der Waals surface area contributed by atoms with Crippen molar-refractivity contribution < 1.29 is 31.1 Å². The van der Waals surface area contributed by atoms with Crippen LogP contribution in [0.25, 0.3) is 22.4 Å². The molecule has 0 fully saturated rings. The van der Waals surface area contributed by atoms with Crippen LogP contribution >= 0.6 is 0 Å². The summed E-state index contributed by atoms with van der Waals surface area (Å²) in [5.74, 6) is 0. The smallest absolute Gasteiger partial charge is 0.360 e. The van der Waals surface area contributed by atoms with Gasteiger partial charge < -0.3 is 4.74 Å². The summed E-state index contributed by atoms with van der Waals surface area (Å²) in [5.41, 5.74) is -2.10. The minimum Gasteiger partial charge on any atom is -0.360 e. The molecule has 33 heavy (non-hydrogen) atoms. The number of ether oxygens (including phenoxy) is 1. The van der Waals surface area contributed by atoms with Crippen LogP contribution in [0.1, 0.15) is 11.1 Å². The van der Waals surface area contributed by atoms with E-state index >= 15 is 0 Å². The first-order valence-electron chi connectivity index (χ1n) is 10.1. The number of hydrogen-bond acceptors (Lipinski definition) is 3. The van der Waals surface area contributed by atoms with Gasteiger partial charge in [0.15, 0.2) is 0 Å². The van der Waals surface area contributed by atoms with Gasteiger partial charge in [-0.15, -0.1) is 0 Å². The van der Waals surface area contributed by atoms with Crippen molar-refractivity contribution in [1.29, 1.82) is 0 Å². The van der Waals surface area contributed by atoms with Crippen LogP contribution in [0, 0.1) is 0 Å². The number of nitrogens with zero attached hydrogens (tertiary/aromatic N) is 3. The van der Waals surface area contributed by atoms with E-state index in [2.05, 4.69) is 29.7 Å². The molecular weight excluding hydrogens is 464 g/mol. The molecule has 4 nitrogen and oxygen atoms in total. The predicted molar refractivity (Wildman–Crippen MR) is 115 cm³/mol. The van der Waals surface area contributed by atoms with Crippen LogP contribution in [0.4, 0.5) is 26.3 Å². The van der Waals surface area contributed by atoms with Crippen LogP contribution in [0.2, 0.25) is 25.7 Å². The minimum absolute atomic E-state index is 0.0904.